The number of anilines is 1. The van der Waals surface area contributed by atoms with Crippen molar-refractivity contribution in [2.75, 3.05) is 25.0 Å². The molecule has 1 amide bonds. The molecule has 1 unspecified atom stereocenters. The van der Waals surface area contributed by atoms with Crippen LogP contribution < -0.4 is 16.8 Å². The molecule has 29 heavy (non-hydrogen) atoms. The Morgan fingerprint density at radius 3 is 2.10 bits per heavy atom. The standard InChI is InChI=1S/C22H38N6O/c1-14(2)11-28(12-15(3)4)13-19(18(7)26-27-22(23)24)21(29)25-20-9-8-16(5)10-17(20)6/h8-10,14-15,19H,11-13H2,1-7H3,(H,25,29)(H4,23,24,27)/b26-18+. The van der Waals surface area contributed by atoms with Gasteiger partial charge in [0.05, 0.1) is 11.6 Å². The van der Waals surface area contributed by atoms with E-state index in [9.17, 15) is 4.79 Å². The lowest BCUT2D eigenvalue weighted by Crippen LogP contribution is -2.42. The van der Waals surface area contributed by atoms with Gasteiger partial charge < -0.3 is 21.7 Å². The summed E-state index contributed by atoms with van der Waals surface area (Å²) in [4.78, 5) is 15.5. The fourth-order valence-electron chi connectivity index (χ4n) is 3.30. The van der Waals surface area contributed by atoms with Crippen LogP contribution in [0.3, 0.4) is 0 Å². The van der Waals surface area contributed by atoms with Gasteiger partial charge in [-0.15, -0.1) is 5.10 Å². The van der Waals surface area contributed by atoms with Gasteiger partial charge in [-0.25, -0.2) is 0 Å². The molecule has 0 radical (unpaired) electrons. The average molecular weight is 403 g/mol. The number of nitrogens with zero attached hydrogens (tertiary/aromatic N) is 3. The third-order valence-corrected chi connectivity index (χ3v) is 4.47. The van der Waals surface area contributed by atoms with Gasteiger partial charge in [-0.3, -0.25) is 4.79 Å². The average Bonchev–Trinajstić information content (AvgIpc) is 2.58. The predicted molar refractivity (Wildman–Crippen MR) is 123 cm³/mol. The zero-order chi connectivity index (χ0) is 22.1. The van der Waals surface area contributed by atoms with E-state index in [-0.39, 0.29) is 11.9 Å². The molecular formula is C22H38N6O. The molecule has 0 aliphatic heterocycles. The van der Waals surface area contributed by atoms with Crippen molar-refractivity contribution in [3.05, 3.63) is 29.3 Å². The molecule has 0 saturated heterocycles. The molecular weight excluding hydrogens is 364 g/mol. The van der Waals surface area contributed by atoms with Gasteiger partial charge in [0.15, 0.2) is 0 Å². The Bertz CT molecular complexity index is 725. The van der Waals surface area contributed by atoms with Gasteiger partial charge in [-0.05, 0) is 44.2 Å². The van der Waals surface area contributed by atoms with Gasteiger partial charge in [0.1, 0.15) is 0 Å². The van der Waals surface area contributed by atoms with Crippen LogP contribution in [0.15, 0.2) is 28.4 Å². The summed E-state index contributed by atoms with van der Waals surface area (Å²) in [6.07, 6.45) is 0. The Kier molecular flexibility index (Phi) is 9.81. The lowest BCUT2D eigenvalue weighted by Gasteiger charge is -2.29. The first-order valence-electron chi connectivity index (χ1n) is 10.2. The second-order valence-corrected chi connectivity index (χ2v) is 8.63. The van der Waals surface area contributed by atoms with Gasteiger partial charge >= 0.3 is 0 Å². The molecule has 1 aromatic carbocycles. The molecule has 162 valence electrons. The zero-order valence-electron chi connectivity index (χ0n) is 19.0. The molecule has 0 saturated carbocycles. The molecule has 1 rings (SSSR count). The summed E-state index contributed by atoms with van der Waals surface area (Å²) in [7, 11) is 0. The number of nitrogens with one attached hydrogen (secondary N) is 1. The van der Waals surface area contributed by atoms with Crippen LogP contribution in [0.2, 0.25) is 0 Å². The lowest BCUT2D eigenvalue weighted by molar-refractivity contribution is -0.118. The highest BCUT2D eigenvalue weighted by Gasteiger charge is 2.26. The van der Waals surface area contributed by atoms with Crippen molar-refractivity contribution in [3.8, 4) is 0 Å². The Hall–Kier alpha value is -2.41. The minimum Gasteiger partial charge on any atom is -0.369 e. The van der Waals surface area contributed by atoms with Crippen LogP contribution in [0.25, 0.3) is 0 Å². The maximum Gasteiger partial charge on any atom is 0.234 e. The molecule has 0 aromatic heterocycles. The van der Waals surface area contributed by atoms with Gasteiger partial charge in [0.25, 0.3) is 0 Å². The fourth-order valence-corrected chi connectivity index (χ4v) is 3.30. The van der Waals surface area contributed by atoms with E-state index in [2.05, 4.69) is 54.2 Å². The predicted octanol–water partition coefficient (Wildman–Crippen LogP) is 3.12. The number of nitrogens with two attached hydrogens (primary N) is 2. The molecule has 5 N–H and O–H groups in total. The smallest absolute Gasteiger partial charge is 0.234 e. The van der Waals surface area contributed by atoms with E-state index in [1.807, 2.05) is 26.0 Å². The van der Waals surface area contributed by atoms with Crippen molar-refractivity contribution >= 4 is 23.3 Å². The normalized spacial score (nSPS) is 13.1. The highest BCUT2D eigenvalue weighted by Crippen LogP contribution is 2.18. The molecule has 1 atom stereocenters. The molecule has 7 nitrogen and oxygen atoms in total. The number of guanidine groups is 1. The van der Waals surface area contributed by atoms with Crippen molar-refractivity contribution in [2.45, 2.75) is 48.5 Å². The van der Waals surface area contributed by atoms with E-state index >= 15 is 0 Å². The van der Waals surface area contributed by atoms with Gasteiger partial charge in [0.2, 0.25) is 11.9 Å². The number of benzene rings is 1. The van der Waals surface area contributed by atoms with Crippen molar-refractivity contribution in [1.29, 1.82) is 0 Å². The minimum absolute atomic E-state index is 0.110. The van der Waals surface area contributed by atoms with E-state index in [1.165, 1.54) is 0 Å². The van der Waals surface area contributed by atoms with E-state index in [0.29, 0.717) is 24.1 Å². The zero-order valence-corrected chi connectivity index (χ0v) is 19.0. The number of hydrogen-bond donors (Lipinski definition) is 3. The summed E-state index contributed by atoms with van der Waals surface area (Å²) < 4.78 is 0. The SMILES string of the molecule is C/C(=N\N=C(N)N)C(CN(CC(C)C)CC(C)C)C(=O)Nc1ccc(C)cc1C. The van der Waals surface area contributed by atoms with Crippen LogP contribution in [-0.2, 0) is 4.79 Å². The maximum absolute atomic E-state index is 13.2. The van der Waals surface area contributed by atoms with Crippen molar-refractivity contribution in [2.24, 2.45) is 39.4 Å². The maximum atomic E-state index is 13.2. The third kappa shape index (κ3) is 9.09. The summed E-state index contributed by atoms with van der Waals surface area (Å²) in [6.45, 7) is 16.9. The number of hydrogen-bond acceptors (Lipinski definition) is 4. The molecule has 7 heteroatoms. The molecule has 0 heterocycles. The van der Waals surface area contributed by atoms with Gasteiger partial charge in [-0.2, -0.15) is 5.10 Å². The summed E-state index contributed by atoms with van der Waals surface area (Å²) in [5.74, 6) is 0.287. The third-order valence-electron chi connectivity index (χ3n) is 4.47. The lowest BCUT2D eigenvalue weighted by atomic mass is 10.00. The topological polar surface area (TPSA) is 109 Å². The number of aryl methyl sites for hydroxylation is 2. The van der Waals surface area contributed by atoms with Crippen molar-refractivity contribution < 1.29 is 4.79 Å². The number of rotatable bonds is 10. The molecule has 0 bridgehead atoms. The second-order valence-electron chi connectivity index (χ2n) is 8.63. The van der Waals surface area contributed by atoms with Crippen LogP contribution in [-0.4, -0.2) is 42.1 Å². The number of carbonyl (C=O) groups excluding carboxylic acids is 1. The largest absolute Gasteiger partial charge is 0.369 e. The Labute approximate surface area is 175 Å². The molecule has 1 aromatic rings. The van der Waals surface area contributed by atoms with E-state index < -0.39 is 5.92 Å². The number of amides is 1. The minimum atomic E-state index is -0.462. The summed E-state index contributed by atoms with van der Waals surface area (Å²) in [5, 5.41) is 10.9. The molecule has 0 aliphatic carbocycles. The molecule has 0 aliphatic rings. The van der Waals surface area contributed by atoms with Crippen LogP contribution in [0.4, 0.5) is 5.69 Å². The molecule has 0 spiro atoms. The highest BCUT2D eigenvalue weighted by atomic mass is 16.1. The van der Waals surface area contributed by atoms with Gasteiger partial charge in [-0.1, -0.05) is 45.4 Å². The summed E-state index contributed by atoms with van der Waals surface area (Å²) in [6, 6.07) is 5.97. The monoisotopic (exact) mass is 402 g/mol. The Morgan fingerprint density at radius 1 is 1.03 bits per heavy atom. The highest BCUT2D eigenvalue weighted by molar-refractivity contribution is 6.09. The van der Waals surface area contributed by atoms with Gasteiger partial charge in [0, 0.05) is 25.3 Å². The van der Waals surface area contributed by atoms with Crippen LogP contribution in [0.5, 0.6) is 0 Å². The first-order chi connectivity index (χ1) is 13.5. The first-order valence-corrected chi connectivity index (χ1v) is 10.2. The van der Waals surface area contributed by atoms with Crippen molar-refractivity contribution in [1.82, 2.24) is 4.90 Å². The molecule has 0 fully saturated rings. The van der Waals surface area contributed by atoms with Crippen LogP contribution in [0, 0.1) is 31.6 Å². The van der Waals surface area contributed by atoms with E-state index in [1.54, 1.807) is 6.92 Å². The Balaban J connectivity index is 3.15. The van der Waals surface area contributed by atoms with E-state index in [4.69, 9.17) is 11.5 Å². The second kappa shape index (κ2) is 11.6. The quantitative estimate of drug-likeness (QED) is 0.317. The van der Waals surface area contributed by atoms with Crippen molar-refractivity contribution in [3.63, 3.8) is 0 Å². The van der Waals surface area contributed by atoms with Crippen LogP contribution in [0.1, 0.15) is 45.7 Å². The van der Waals surface area contributed by atoms with E-state index in [0.717, 1.165) is 29.9 Å². The number of carbonyl (C=O) groups is 1. The van der Waals surface area contributed by atoms with Crippen LogP contribution >= 0.6 is 0 Å². The summed E-state index contributed by atoms with van der Waals surface area (Å²) in [5.41, 5.74) is 14.4. The fraction of sp³-hybridized carbons (Fsp3) is 0.591. The first kappa shape index (κ1) is 24.6. The Morgan fingerprint density at radius 2 is 1.62 bits per heavy atom. The summed E-state index contributed by atoms with van der Waals surface area (Å²) >= 11 is 0.